The van der Waals surface area contributed by atoms with Crippen LogP contribution in [0.4, 0.5) is 4.79 Å². The van der Waals surface area contributed by atoms with E-state index in [0.717, 1.165) is 19.3 Å². The number of piperidine rings is 1. The Labute approximate surface area is 147 Å². The predicted molar refractivity (Wildman–Crippen MR) is 94.8 cm³/mol. The van der Waals surface area contributed by atoms with Gasteiger partial charge >= 0.3 is 12.1 Å². The van der Waals surface area contributed by atoms with Crippen molar-refractivity contribution < 1.29 is 19.1 Å². The highest BCUT2D eigenvalue weighted by atomic mass is 16.6. The molecular weight excluding hydrogens is 306 g/mol. The van der Waals surface area contributed by atoms with Gasteiger partial charge in [0.25, 0.3) is 0 Å². The van der Waals surface area contributed by atoms with E-state index >= 15 is 0 Å². The van der Waals surface area contributed by atoms with Gasteiger partial charge in [-0.1, -0.05) is 20.8 Å². The molecule has 0 aromatic heterocycles. The number of hydrogen-bond acceptors (Lipinski definition) is 4. The summed E-state index contributed by atoms with van der Waals surface area (Å²) in [6.45, 7) is 14.8. The predicted octanol–water partition coefficient (Wildman–Crippen LogP) is 4.54. The molecule has 1 heterocycles. The fourth-order valence-electron chi connectivity index (χ4n) is 2.48. The largest absolute Gasteiger partial charge is 0.459 e. The molecule has 140 valence electrons. The van der Waals surface area contributed by atoms with Crippen molar-refractivity contribution in [3.05, 3.63) is 0 Å². The Morgan fingerprint density at radius 1 is 1.00 bits per heavy atom. The van der Waals surface area contributed by atoms with E-state index in [2.05, 4.69) is 0 Å². The maximum absolute atomic E-state index is 12.4. The molecule has 1 amide bonds. The number of esters is 1. The van der Waals surface area contributed by atoms with E-state index < -0.39 is 16.6 Å². The zero-order chi connectivity index (χ0) is 18.6. The summed E-state index contributed by atoms with van der Waals surface area (Å²) in [6.07, 6.45) is 3.34. The van der Waals surface area contributed by atoms with Crippen molar-refractivity contribution in [1.29, 1.82) is 0 Å². The monoisotopic (exact) mass is 341 g/mol. The number of amides is 1. The second kappa shape index (κ2) is 7.75. The molecule has 1 saturated heterocycles. The minimum absolute atomic E-state index is 0.144. The van der Waals surface area contributed by atoms with Crippen molar-refractivity contribution in [3.63, 3.8) is 0 Å². The molecule has 1 fully saturated rings. The van der Waals surface area contributed by atoms with Crippen molar-refractivity contribution in [1.82, 2.24) is 4.90 Å². The Balaban J connectivity index is 2.67. The van der Waals surface area contributed by atoms with Crippen LogP contribution in [0.2, 0.25) is 0 Å². The van der Waals surface area contributed by atoms with E-state index in [1.807, 2.05) is 48.5 Å². The summed E-state index contributed by atoms with van der Waals surface area (Å²) in [5.74, 6) is -0.144. The Bertz CT molecular complexity index is 448. The lowest BCUT2D eigenvalue weighted by atomic mass is 9.86. The Kier molecular flexibility index (Phi) is 6.71. The van der Waals surface area contributed by atoms with Gasteiger partial charge in [0.1, 0.15) is 11.2 Å². The average Bonchev–Trinajstić information content (AvgIpc) is 2.54. The highest BCUT2D eigenvalue weighted by Crippen LogP contribution is 2.34. The molecule has 0 aliphatic carbocycles. The maximum Gasteiger partial charge on any atom is 0.410 e. The van der Waals surface area contributed by atoms with Crippen LogP contribution in [0, 0.1) is 5.41 Å². The van der Waals surface area contributed by atoms with Crippen LogP contribution in [0.5, 0.6) is 0 Å². The minimum atomic E-state index is -0.469. The van der Waals surface area contributed by atoms with Crippen LogP contribution in [0.15, 0.2) is 0 Å². The summed E-state index contributed by atoms with van der Waals surface area (Å²) >= 11 is 0. The third-order valence-corrected chi connectivity index (χ3v) is 5.54. The van der Waals surface area contributed by atoms with Crippen LogP contribution in [0.3, 0.4) is 0 Å². The highest BCUT2D eigenvalue weighted by Gasteiger charge is 2.41. The molecule has 1 aliphatic rings. The molecule has 0 aromatic carbocycles. The molecule has 5 heteroatoms. The lowest BCUT2D eigenvalue weighted by molar-refractivity contribution is -0.176. The SMILES string of the molecule is CCC(C)(C)OC(=O)N1CCC(CC)(OC(=O)C(C)(C)CC)CC1. The first-order chi connectivity index (χ1) is 11.0. The zero-order valence-electron chi connectivity index (χ0n) is 16.5. The van der Waals surface area contributed by atoms with Gasteiger partial charge in [-0.15, -0.1) is 0 Å². The van der Waals surface area contributed by atoms with Gasteiger partial charge in [-0.25, -0.2) is 4.79 Å². The Hall–Kier alpha value is -1.26. The van der Waals surface area contributed by atoms with Crippen LogP contribution < -0.4 is 0 Å². The van der Waals surface area contributed by atoms with Crippen LogP contribution in [0.1, 0.15) is 80.6 Å². The van der Waals surface area contributed by atoms with Crippen LogP contribution in [-0.4, -0.2) is 41.3 Å². The van der Waals surface area contributed by atoms with Crippen molar-refractivity contribution in [2.75, 3.05) is 13.1 Å². The molecule has 0 N–H and O–H groups in total. The molecule has 1 rings (SSSR count). The van der Waals surface area contributed by atoms with Crippen LogP contribution >= 0.6 is 0 Å². The van der Waals surface area contributed by atoms with Gasteiger partial charge in [-0.05, 0) is 47.0 Å². The molecule has 5 nitrogen and oxygen atoms in total. The lowest BCUT2D eigenvalue weighted by Crippen LogP contribution is -2.51. The first kappa shape index (κ1) is 20.8. The van der Waals surface area contributed by atoms with E-state index in [1.165, 1.54) is 0 Å². The summed E-state index contributed by atoms with van der Waals surface area (Å²) in [5.41, 5.74) is -1.38. The Morgan fingerprint density at radius 2 is 1.54 bits per heavy atom. The van der Waals surface area contributed by atoms with Crippen molar-refractivity contribution >= 4 is 12.1 Å². The molecule has 0 bridgehead atoms. The third kappa shape index (κ3) is 5.12. The fraction of sp³-hybridized carbons (Fsp3) is 0.895. The first-order valence-corrected chi connectivity index (χ1v) is 9.22. The highest BCUT2D eigenvalue weighted by molar-refractivity contribution is 5.76. The van der Waals surface area contributed by atoms with Crippen molar-refractivity contribution in [3.8, 4) is 0 Å². The number of likely N-dealkylation sites (tertiary alicyclic amines) is 1. The maximum atomic E-state index is 12.4. The molecule has 0 atom stereocenters. The first-order valence-electron chi connectivity index (χ1n) is 9.22. The van der Waals surface area contributed by atoms with Gasteiger partial charge in [-0.2, -0.15) is 0 Å². The van der Waals surface area contributed by atoms with Crippen molar-refractivity contribution in [2.45, 2.75) is 91.8 Å². The summed E-state index contributed by atoms with van der Waals surface area (Å²) in [6, 6.07) is 0. The number of rotatable bonds is 6. The molecule has 1 aliphatic heterocycles. The number of ether oxygens (including phenoxy) is 2. The quantitative estimate of drug-likeness (QED) is 0.666. The summed E-state index contributed by atoms with van der Waals surface area (Å²) < 4.78 is 11.5. The molecule has 24 heavy (non-hydrogen) atoms. The fourth-order valence-corrected chi connectivity index (χ4v) is 2.48. The van der Waals surface area contributed by atoms with Gasteiger partial charge in [-0.3, -0.25) is 4.79 Å². The van der Waals surface area contributed by atoms with Gasteiger partial charge in [0.2, 0.25) is 0 Å². The molecular formula is C19H35NO4. The van der Waals surface area contributed by atoms with Crippen molar-refractivity contribution in [2.24, 2.45) is 5.41 Å². The minimum Gasteiger partial charge on any atom is -0.459 e. The second-order valence-corrected chi connectivity index (χ2v) is 8.13. The Morgan fingerprint density at radius 3 is 1.96 bits per heavy atom. The second-order valence-electron chi connectivity index (χ2n) is 8.13. The van der Waals surface area contributed by atoms with Crippen LogP contribution in [-0.2, 0) is 14.3 Å². The van der Waals surface area contributed by atoms with Gasteiger partial charge < -0.3 is 14.4 Å². The van der Waals surface area contributed by atoms with Crippen LogP contribution in [0.25, 0.3) is 0 Å². The summed E-state index contributed by atoms with van der Waals surface area (Å²) in [7, 11) is 0. The molecule has 0 aromatic rings. The van der Waals surface area contributed by atoms with E-state index in [4.69, 9.17) is 9.47 Å². The number of carbonyl (C=O) groups excluding carboxylic acids is 2. The zero-order valence-corrected chi connectivity index (χ0v) is 16.5. The van der Waals surface area contributed by atoms with Gasteiger partial charge in [0, 0.05) is 25.9 Å². The molecule has 0 unspecified atom stereocenters. The topological polar surface area (TPSA) is 55.8 Å². The van der Waals surface area contributed by atoms with E-state index in [0.29, 0.717) is 25.9 Å². The lowest BCUT2D eigenvalue weighted by Gasteiger charge is -2.42. The third-order valence-electron chi connectivity index (χ3n) is 5.54. The standard InChI is InChI=1S/C19H35NO4/c1-8-17(4,5)15(21)23-19(10-3)11-13-20(14-12-19)16(22)24-18(6,7)9-2/h8-14H2,1-7H3. The number of nitrogens with zero attached hydrogens (tertiary/aromatic N) is 1. The number of carbonyl (C=O) groups is 2. The molecule has 0 radical (unpaired) electrons. The van der Waals surface area contributed by atoms with Gasteiger partial charge in [0.15, 0.2) is 0 Å². The molecule has 0 saturated carbocycles. The summed E-state index contributed by atoms with van der Waals surface area (Å²) in [5, 5.41) is 0. The average molecular weight is 341 g/mol. The molecule has 0 spiro atoms. The van der Waals surface area contributed by atoms with E-state index in [-0.39, 0.29) is 12.1 Å². The number of hydrogen-bond donors (Lipinski definition) is 0. The normalized spacial score (nSPS) is 18.2. The van der Waals surface area contributed by atoms with E-state index in [9.17, 15) is 9.59 Å². The summed E-state index contributed by atoms with van der Waals surface area (Å²) in [4.78, 5) is 26.5. The van der Waals surface area contributed by atoms with Gasteiger partial charge in [0.05, 0.1) is 5.41 Å². The smallest absolute Gasteiger partial charge is 0.410 e. The van der Waals surface area contributed by atoms with E-state index in [1.54, 1.807) is 4.90 Å².